The molecule has 230 valence electrons. The summed E-state index contributed by atoms with van der Waals surface area (Å²) >= 11 is 0. The number of nitrogens with zero attached hydrogens (tertiary/aromatic N) is 3. The molecule has 0 atom stereocenters. The van der Waals surface area contributed by atoms with Crippen LogP contribution < -0.4 is 21.3 Å². The Morgan fingerprint density at radius 2 is 1.60 bits per heavy atom. The zero-order valence-electron chi connectivity index (χ0n) is 25.8. The molecule has 0 unspecified atom stereocenters. The van der Waals surface area contributed by atoms with Crippen molar-refractivity contribution in [3.05, 3.63) is 78.8 Å². The number of carbonyl (C=O) groups is 3. The Morgan fingerprint density at radius 1 is 0.930 bits per heavy atom. The Morgan fingerprint density at radius 3 is 2.16 bits per heavy atom. The minimum absolute atomic E-state index is 0.188. The average Bonchev–Trinajstić information content (AvgIpc) is 2.92. The first kappa shape index (κ1) is 32.7. The second kappa shape index (κ2) is 13.9. The number of aromatic nitrogens is 1. The standard InChI is InChI=1S/C32H42N6O5/c1-8-9-22(14-15-33)23-10-12-25(36-29(40)42-31(2,3)4)27(20-23)35-28(39)26-13-11-24(21-34-26)37-16-18-38(19-17-37)30(41)43-32(5,6)7/h8-15,20-21H,1,16-19,33H2,2-7H3,(H,35,39)(H,36,40)/b15-14-,22-9+. The van der Waals surface area contributed by atoms with E-state index >= 15 is 0 Å². The van der Waals surface area contributed by atoms with Crippen LogP contribution in [0.25, 0.3) is 5.57 Å². The molecule has 2 aromatic rings. The minimum atomic E-state index is -0.701. The summed E-state index contributed by atoms with van der Waals surface area (Å²) < 4.78 is 10.9. The van der Waals surface area contributed by atoms with Gasteiger partial charge in [0.1, 0.15) is 16.9 Å². The molecule has 3 rings (SSSR count). The predicted octanol–water partition coefficient (Wildman–Crippen LogP) is 5.78. The third-order valence-corrected chi connectivity index (χ3v) is 6.09. The topological polar surface area (TPSA) is 139 Å². The largest absolute Gasteiger partial charge is 0.444 e. The number of nitrogens with two attached hydrogens (primary N) is 1. The number of pyridine rings is 1. The fourth-order valence-electron chi connectivity index (χ4n) is 4.20. The lowest BCUT2D eigenvalue weighted by Gasteiger charge is -2.36. The molecule has 0 spiro atoms. The number of anilines is 3. The smallest absolute Gasteiger partial charge is 0.412 e. The molecule has 0 bridgehead atoms. The van der Waals surface area contributed by atoms with Crippen molar-refractivity contribution in [1.29, 1.82) is 0 Å². The molecule has 1 saturated heterocycles. The zero-order valence-corrected chi connectivity index (χ0v) is 25.8. The van der Waals surface area contributed by atoms with E-state index in [2.05, 4.69) is 27.1 Å². The van der Waals surface area contributed by atoms with Gasteiger partial charge in [-0.1, -0.05) is 24.8 Å². The van der Waals surface area contributed by atoms with E-state index in [1.54, 1.807) is 74.4 Å². The molecule has 2 heterocycles. The predicted molar refractivity (Wildman–Crippen MR) is 170 cm³/mol. The molecule has 1 aliphatic heterocycles. The van der Waals surface area contributed by atoms with Crippen LogP contribution in [0.2, 0.25) is 0 Å². The van der Waals surface area contributed by atoms with Gasteiger partial charge in [-0.3, -0.25) is 10.1 Å². The molecule has 1 fully saturated rings. The van der Waals surface area contributed by atoms with Crippen LogP contribution in [0.3, 0.4) is 0 Å². The number of amides is 3. The van der Waals surface area contributed by atoms with Crippen LogP contribution in [0, 0.1) is 0 Å². The third kappa shape index (κ3) is 9.91. The van der Waals surface area contributed by atoms with Gasteiger partial charge in [0.05, 0.1) is 23.3 Å². The maximum Gasteiger partial charge on any atom is 0.412 e. The molecule has 11 nitrogen and oxygen atoms in total. The Balaban J connectivity index is 1.76. The van der Waals surface area contributed by atoms with Crippen molar-refractivity contribution in [2.75, 3.05) is 41.7 Å². The Kier molecular flexibility index (Phi) is 10.6. The molecule has 11 heteroatoms. The highest BCUT2D eigenvalue weighted by Crippen LogP contribution is 2.29. The van der Waals surface area contributed by atoms with Crippen LogP contribution in [-0.4, -0.2) is 65.4 Å². The number of benzene rings is 1. The molecule has 0 aliphatic carbocycles. The summed E-state index contributed by atoms with van der Waals surface area (Å²) in [5, 5.41) is 5.57. The molecule has 4 N–H and O–H groups in total. The minimum Gasteiger partial charge on any atom is -0.444 e. The quantitative estimate of drug-likeness (QED) is 0.345. The Bertz CT molecular complexity index is 1380. The maximum absolute atomic E-state index is 13.3. The molecule has 43 heavy (non-hydrogen) atoms. The van der Waals surface area contributed by atoms with E-state index in [-0.39, 0.29) is 11.8 Å². The van der Waals surface area contributed by atoms with Gasteiger partial charge in [0.15, 0.2) is 0 Å². The second-order valence-electron chi connectivity index (χ2n) is 11.9. The zero-order chi connectivity index (χ0) is 31.8. The van der Waals surface area contributed by atoms with Crippen molar-refractivity contribution in [3.8, 4) is 0 Å². The van der Waals surface area contributed by atoms with Crippen LogP contribution in [0.1, 0.15) is 57.6 Å². The summed E-state index contributed by atoms with van der Waals surface area (Å²) in [6, 6.07) is 8.63. The van der Waals surface area contributed by atoms with Gasteiger partial charge >= 0.3 is 12.2 Å². The molecule has 3 amide bonds. The molecule has 0 radical (unpaired) electrons. The average molecular weight is 591 g/mol. The number of hydrogen-bond donors (Lipinski definition) is 3. The lowest BCUT2D eigenvalue weighted by Crippen LogP contribution is -2.50. The van der Waals surface area contributed by atoms with Crippen molar-refractivity contribution in [2.45, 2.75) is 52.7 Å². The molecule has 1 aliphatic rings. The molecule has 0 saturated carbocycles. The van der Waals surface area contributed by atoms with Crippen LogP contribution >= 0.6 is 0 Å². The summed E-state index contributed by atoms with van der Waals surface area (Å²) in [6.45, 7) is 16.8. The second-order valence-corrected chi connectivity index (χ2v) is 11.9. The monoisotopic (exact) mass is 590 g/mol. The van der Waals surface area contributed by atoms with E-state index in [1.165, 1.54) is 6.20 Å². The van der Waals surface area contributed by atoms with Crippen LogP contribution in [0.15, 0.2) is 67.5 Å². The van der Waals surface area contributed by atoms with Crippen molar-refractivity contribution in [2.24, 2.45) is 5.73 Å². The van der Waals surface area contributed by atoms with E-state index in [4.69, 9.17) is 15.2 Å². The summed E-state index contributed by atoms with van der Waals surface area (Å²) in [5.41, 5.74) is 7.58. The van der Waals surface area contributed by atoms with Gasteiger partial charge in [-0.2, -0.15) is 0 Å². The van der Waals surface area contributed by atoms with E-state index in [9.17, 15) is 14.4 Å². The summed E-state index contributed by atoms with van der Waals surface area (Å²) in [5.74, 6) is -0.464. The normalized spacial score (nSPS) is 14.3. The van der Waals surface area contributed by atoms with Crippen molar-refractivity contribution in [3.63, 3.8) is 0 Å². The molecular formula is C32H42N6O5. The van der Waals surface area contributed by atoms with Crippen LogP contribution in [0.5, 0.6) is 0 Å². The highest BCUT2D eigenvalue weighted by Gasteiger charge is 2.26. The highest BCUT2D eigenvalue weighted by atomic mass is 16.6. The van der Waals surface area contributed by atoms with E-state index in [0.717, 1.165) is 16.8 Å². The first-order valence-electron chi connectivity index (χ1n) is 14.0. The number of carbonyl (C=O) groups excluding carboxylic acids is 3. The number of ether oxygens (including phenoxy) is 2. The number of hydrogen-bond acceptors (Lipinski definition) is 8. The SMILES string of the molecule is C=C/C=C(\C=C/N)c1ccc(NC(=O)OC(C)(C)C)c(NC(=O)c2ccc(N3CCN(C(=O)OC(C)(C)C)CC3)cn2)c1. The highest BCUT2D eigenvalue weighted by molar-refractivity contribution is 6.06. The van der Waals surface area contributed by atoms with Gasteiger partial charge in [-0.15, -0.1) is 0 Å². The fourth-order valence-corrected chi connectivity index (χ4v) is 4.20. The van der Waals surface area contributed by atoms with E-state index < -0.39 is 23.2 Å². The molecular weight excluding hydrogens is 548 g/mol. The van der Waals surface area contributed by atoms with Gasteiger partial charge in [0.2, 0.25) is 0 Å². The van der Waals surface area contributed by atoms with Crippen molar-refractivity contribution >= 4 is 40.7 Å². The lowest BCUT2D eigenvalue weighted by atomic mass is 10.0. The van der Waals surface area contributed by atoms with Gasteiger partial charge in [0.25, 0.3) is 5.91 Å². The number of allylic oxidation sites excluding steroid dienone is 4. The third-order valence-electron chi connectivity index (χ3n) is 6.09. The first-order chi connectivity index (χ1) is 20.2. The lowest BCUT2D eigenvalue weighted by molar-refractivity contribution is 0.0240. The Hall–Kier alpha value is -4.80. The number of nitrogens with one attached hydrogen (secondary N) is 2. The van der Waals surface area contributed by atoms with Gasteiger partial charge in [-0.25, -0.2) is 14.6 Å². The summed E-state index contributed by atoms with van der Waals surface area (Å²) in [4.78, 5) is 46.3. The Labute approximate surface area is 253 Å². The maximum atomic E-state index is 13.3. The summed E-state index contributed by atoms with van der Waals surface area (Å²) in [6.07, 6.45) is 7.16. The first-order valence-corrected chi connectivity index (χ1v) is 14.0. The summed E-state index contributed by atoms with van der Waals surface area (Å²) in [7, 11) is 0. The fraction of sp³-hybridized carbons (Fsp3) is 0.375. The van der Waals surface area contributed by atoms with Crippen LogP contribution in [-0.2, 0) is 9.47 Å². The van der Waals surface area contributed by atoms with Gasteiger partial charge < -0.3 is 30.3 Å². The molecule has 1 aromatic heterocycles. The number of piperazine rings is 1. The number of rotatable bonds is 7. The van der Waals surface area contributed by atoms with Gasteiger partial charge in [0, 0.05) is 26.2 Å². The van der Waals surface area contributed by atoms with Gasteiger partial charge in [-0.05, 0) is 89.2 Å². The van der Waals surface area contributed by atoms with Crippen molar-refractivity contribution < 1.29 is 23.9 Å². The van der Waals surface area contributed by atoms with E-state index in [0.29, 0.717) is 37.6 Å². The van der Waals surface area contributed by atoms with Crippen LogP contribution in [0.4, 0.5) is 26.7 Å². The van der Waals surface area contributed by atoms with E-state index in [1.807, 2.05) is 26.8 Å². The molecule has 1 aromatic carbocycles. The van der Waals surface area contributed by atoms with Crippen molar-refractivity contribution in [1.82, 2.24) is 9.88 Å².